The van der Waals surface area contributed by atoms with Gasteiger partial charge in [0.25, 0.3) is 0 Å². The third-order valence-corrected chi connectivity index (χ3v) is 2.67. The summed E-state index contributed by atoms with van der Waals surface area (Å²) in [5.74, 6) is -0.176. The fourth-order valence-electron chi connectivity index (χ4n) is 1.78. The number of anilines is 1. The van der Waals surface area contributed by atoms with Crippen LogP contribution in [0.5, 0.6) is 0 Å². The summed E-state index contributed by atoms with van der Waals surface area (Å²) in [4.78, 5) is 16.0. The van der Waals surface area contributed by atoms with Crippen molar-refractivity contribution in [3.8, 4) is 0 Å². The zero-order valence-corrected chi connectivity index (χ0v) is 12.0. The minimum Gasteiger partial charge on any atom is -0.455 e. The molecular formula is C15H19N3O2. The molecule has 0 atom stereocenters. The number of esters is 1. The number of carbonyl (C=O) groups is 1. The average Bonchev–Trinajstić information content (AvgIpc) is 2.70. The number of benzene rings is 1. The number of rotatable bonds is 3. The molecule has 0 spiro atoms. The van der Waals surface area contributed by atoms with Crippen LogP contribution in [0.15, 0.2) is 36.7 Å². The third-order valence-electron chi connectivity index (χ3n) is 2.67. The number of carbonyl (C=O) groups excluding carboxylic acids is 1. The predicted octanol–water partition coefficient (Wildman–Crippen LogP) is 2.47. The molecule has 20 heavy (non-hydrogen) atoms. The summed E-state index contributed by atoms with van der Waals surface area (Å²) in [6.07, 6.45) is 1.56. The maximum absolute atomic E-state index is 12.0. The van der Waals surface area contributed by atoms with Crippen molar-refractivity contribution < 1.29 is 9.53 Å². The number of nitrogens with two attached hydrogens (primary N) is 1. The van der Waals surface area contributed by atoms with Crippen LogP contribution in [0.1, 0.15) is 36.8 Å². The van der Waals surface area contributed by atoms with Crippen LogP contribution in [0.25, 0.3) is 0 Å². The van der Waals surface area contributed by atoms with Gasteiger partial charge >= 0.3 is 5.97 Å². The highest BCUT2D eigenvalue weighted by molar-refractivity contribution is 5.92. The first-order chi connectivity index (χ1) is 9.37. The molecule has 1 heterocycles. The topological polar surface area (TPSA) is 70.1 Å². The fraction of sp³-hybridized carbons (Fsp3) is 0.333. The van der Waals surface area contributed by atoms with Crippen LogP contribution in [0, 0.1) is 0 Å². The van der Waals surface area contributed by atoms with Gasteiger partial charge in [-0.2, -0.15) is 0 Å². The van der Waals surface area contributed by atoms with E-state index < -0.39 is 11.6 Å². The number of hydrogen-bond donors (Lipinski definition) is 1. The summed E-state index contributed by atoms with van der Waals surface area (Å²) in [7, 11) is 0. The normalized spacial score (nSPS) is 11.3. The van der Waals surface area contributed by atoms with E-state index in [0.29, 0.717) is 12.4 Å². The second-order valence-corrected chi connectivity index (χ2v) is 5.59. The zero-order valence-electron chi connectivity index (χ0n) is 12.0. The molecule has 0 saturated heterocycles. The van der Waals surface area contributed by atoms with Crippen LogP contribution in [-0.4, -0.2) is 21.1 Å². The van der Waals surface area contributed by atoms with Gasteiger partial charge in [0, 0.05) is 0 Å². The van der Waals surface area contributed by atoms with Crippen molar-refractivity contribution in [3.05, 3.63) is 47.9 Å². The summed E-state index contributed by atoms with van der Waals surface area (Å²) >= 11 is 0. The standard InChI is InChI=1S/C15H19N3O2/c1-15(2,3)20-14(19)12-13(16)18(10-17-12)9-11-7-5-4-6-8-11/h4-8,10H,9,16H2,1-3H3. The lowest BCUT2D eigenvalue weighted by molar-refractivity contribution is 0.00647. The van der Waals surface area contributed by atoms with Gasteiger partial charge in [0.15, 0.2) is 5.69 Å². The number of imidazole rings is 1. The fourth-order valence-corrected chi connectivity index (χ4v) is 1.78. The monoisotopic (exact) mass is 273 g/mol. The summed E-state index contributed by atoms with van der Waals surface area (Å²) < 4.78 is 7.00. The Kier molecular flexibility index (Phi) is 3.79. The van der Waals surface area contributed by atoms with Crippen molar-refractivity contribution in [1.82, 2.24) is 9.55 Å². The summed E-state index contributed by atoms with van der Waals surface area (Å²) in [5, 5.41) is 0. The number of nitrogen functional groups attached to an aromatic ring is 1. The Labute approximate surface area is 118 Å². The molecule has 0 amide bonds. The smallest absolute Gasteiger partial charge is 0.361 e. The first-order valence-corrected chi connectivity index (χ1v) is 6.45. The molecule has 2 N–H and O–H groups in total. The molecular weight excluding hydrogens is 254 g/mol. The second kappa shape index (κ2) is 5.36. The minimum atomic E-state index is -0.563. The van der Waals surface area contributed by atoms with E-state index in [-0.39, 0.29) is 5.69 Å². The summed E-state index contributed by atoms with van der Waals surface area (Å²) in [6, 6.07) is 9.85. The van der Waals surface area contributed by atoms with E-state index in [0.717, 1.165) is 5.56 Å². The SMILES string of the molecule is CC(C)(C)OC(=O)c1ncn(Cc2ccccc2)c1N. The van der Waals surface area contributed by atoms with E-state index in [4.69, 9.17) is 10.5 Å². The van der Waals surface area contributed by atoms with Gasteiger partial charge in [-0.05, 0) is 26.3 Å². The molecule has 0 fully saturated rings. The highest BCUT2D eigenvalue weighted by Crippen LogP contribution is 2.17. The van der Waals surface area contributed by atoms with Crippen molar-refractivity contribution >= 4 is 11.8 Å². The van der Waals surface area contributed by atoms with Crippen LogP contribution >= 0.6 is 0 Å². The third kappa shape index (κ3) is 3.38. The van der Waals surface area contributed by atoms with Crippen molar-refractivity contribution in [3.63, 3.8) is 0 Å². The zero-order chi connectivity index (χ0) is 14.8. The van der Waals surface area contributed by atoms with E-state index in [9.17, 15) is 4.79 Å². The minimum absolute atomic E-state index is 0.163. The molecule has 5 nitrogen and oxygen atoms in total. The molecule has 106 valence electrons. The lowest BCUT2D eigenvalue weighted by Crippen LogP contribution is -2.24. The van der Waals surface area contributed by atoms with Gasteiger partial charge in [-0.25, -0.2) is 9.78 Å². The number of aromatic nitrogens is 2. The van der Waals surface area contributed by atoms with Gasteiger partial charge in [-0.1, -0.05) is 30.3 Å². The molecule has 0 aliphatic carbocycles. The molecule has 1 aromatic heterocycles. The van der Waals surface area contributed by atoms with E-state index in [2.05, 4.69) is 4.98 Å². The molecule has 5 heteroatoms. The quantitative estimate of drug-likeness (QED) is 0.872. The number of ether oxygens (including phenoxy) is 1. The van der Waals surface area contributed by atoms with Crippen molar-refractivity contribution in [1.29, 1.82) is 0 Å². The van der Waals surface area contributed by atoms with E-state index in [1.807, 2.05) is 51.1 Å². The molecule has 0 aliphatic rings. The highest BCUT2D eigenvalue weighted by Gasteiger charge is 2.23. The van der Waals surface area contributed by atoms with Gasteiger partial charge < -0.3 is 15.0 Å². The summed E-state index contributed by atoms with van der Waals surface area (Å²) in [5.41, 5.74) is 6.66. The molecule has 1 aromatic carbocycles. The first-order valence-electron chi connectivity index (χ1n) is 6.45. The van der Waals surface area contributed by atoms with Crippen LogP contribution in [-0.2, 0) is 11.3 Å². The van der Waals surface area contributed by atoms with Crippen molar-refractivity contribution in [2.24, 2.45) is 0 Å². The highest BCUT2D eigenvalue weighted by atomic mass is 16.6. The van der Waals surface area contributed by atoms with Crippen LogP contribution in [0.4, 0.5) is 5.82 Å². The summed E-state index contributed by atoms with van der Waals surface area (Å²) in [6.45, 7) is 5.99. The van der Waals surface area contributed by atoms with Gasteiger partial charge in [0.2, 0.25) is 0 Å². The largest absolute Gasteiger partial charge is 0.455 e. The molecule has 0 aliphatic heterocycles. The maximum atomic E-state index is 12.0. The average molecular weight is 273 g/mol. The van der Waals surface area contributed by atoms with Gasteiger partial charge in [0.1, 0.15) is 11.4 Å². The molecule has 0 radical (unpaired) electrons. The Bertz CT molecular complexity index is 597. The Morgan fingerprint density at radius 3 is 2.55 bits per heavy atom. The Balaban J connectivity index is 2.17. The van der Waals surface area contributed by atoms with E-state index in [1.165, 1.54) is 0 Å². The Morgan fingerprint density at radius 2 is 1.95 bits per heavy atom. The van der Waals surface area contributed by atoms with Crippen molar-refractivity contribution in [2.45, 2.75) is 32.9 Å². The Morgan fingerprint density at radius 1 is 1.30 bits per heavy atom. The first kappa shape index (κ1) is 14.1. The molecule has 0 bridgehead atoms. The molecule has 0 saturated carbocycles. The predicted molar refractivity (Wildman–Crippen MR) is 77.4 cm³/mol. The van der Waals surface area contributed by atoms with Crippen LogP contribution in [0.3, 0.4) is 0 Å². The maximum Gasteiger partial charge on any atom is 0.361 e. The lowest BCUT2D eigenvalue weighted by atomic mass is 10.2. The Hall–Kier alpha value is -2.30. The van der Waals surface area contributed by atoms with Crippen LogP contribution < -0.4 is 5.73 Å². The van der Waals surface area contributed by atoms with Gasteiger partial charge in [-0.15, -0.1) is 0 Å². The molecule has 0 unspecified atom stereocenters. The number of hydrogen-bond acceptors (Lipinski definition) is 4. The second-order valence-electron chi connectivity index (χ2n) is 5.59. The van der Waals surface area contributed by atoms with E-state index in [1.54, 1.807) is 10.9 Å². The van der Waals surface area contributed by atoms with Gasteiger partial charge in [0.05, 0.1) is 12.9 Å². The molecule has 2 aromatic rings. The van der Waals surface area contributed by atoms with Gasteiger partial charge in [-0.3, -0.25) is 0 Å². The van der Waals surface area contributed by atoms with Crippen LogP contribution in [0.2, 0.25) is 0 Å². The lowest BCUT2D eigenvalue weighted by Gasteiger charge is -2.18. The van der Waals surface area contributed by atoms with Crippen molar-refractivity contribution in [2.75, 3.05) is 5.73 Å². The van der Waals surface area contributed by atoms with E-state index >= 15 is 0 Å². The molecule has 2 rings (SSSR count). The number of nitrogens with zero attached hydrogens (tertiary/aromatic N) is 2.